The topological polar surface area (TPSA) is 0 Å². The van der Waals surface area contributed by atoms with E-state index in [9.17, 15) is 0 Å². The third-order valence-electron chi connectivity index (χ3n) is 3.16. The maximum atomic E-state index is 3.89. The minimum atomic E-state index is 1.20. The van der Waals surface area contributed by atoms with E-state index in [0.29, 0.717) is 0 Å². The molecule has 0 heterocycles. The molecule has 0 aliphatic heterocycles. The smallest absolute Gasteiger partial charge is 0.0228 e. The summed E-state index contributed by atoms with van der Waals surface area (Å²) in [5.41, 5.74) is 5.66. The Hall–Kier alpha value is -1.04. The molecule has 0 bridgehead atoms. The van der Waals surface area contributed by atoms with Gasteiger partial charge in [-0.25, -0.2) is 0 Å². The van der Waals surface area contributed by atoms with Crippen molar-refractivity contribution in [3.8, 4) is 0 Å². The maximum Gasteiger partial charge on any atom is -0.0228 e. The first-order chi connectivity index (χ1) is 7.20. The summed E-state index contributed by atoms with van der Waals surface area (Å²) < 4.78 is 0. The highest BCUT2D eigenvalue weighted by molar-refractivity contribution is 5.56. The highest BCUT2D eigenvalue weighted by Crippen LogP contribution is 2.21. The van der Waals surface area contributed by atoms with Gasteiger partial charge in [0.1, 0.15) is 0 Å². The normalized spacial score (nSPS) is 10.3. The van der Waals surface area contributed by atoms with Gasteiger partial charge >= 0.3 is 0 Å². The molecule has 0 aliphatic rings. The maximum absolute atomic E-state index is 3.89. The average Bonchev–Trinajstić information content (AvgIpc) is 2.25. The summed E-state index contributed by atoms with van der Waals surface area (Å²) in [6, 6.07) is 4.38. The van der Waals surface area contributed by atoms with E-state index >= 15 is 0 Å². The van der Waals surface area contributed by atoms with Gasteiger partial charge in [-0.2, -0.15) is 0 Å². The van der Waals surface area contributed by atoms with Crippen molar-refractivity contribution in [2.45, 2.75) is 46.5 Å². The van der Waals surface area contributed by atoms with Crippen LogP contribution in [-0.2, 0) is 6.42 Å². The fraction of sp³-hybridized carbons (Fsp3) is 0.467. The number of hydrogen-bond acceptors (Lipinski definition) is 0. The van der Waals surface area contributed by atoms with Crippen molar-refractivity contribution in [1.82, 2.24) is 0 Å². The SMILES string of the molecule is C=Cc1ccc(C)c(C)c1CCCCC. The number of hydrogen-bond donors (Lipinski definition) is 0. The third-order valence-corrected chi connectivity index (χ3v) is 3.16. The lowest BCUT2D eigenvalue weighted by Crippen LogP contribution is -1.96. The average molecular weight is 202 g/mol. The standard InChI is InChI=1S/C15H22/c1-5-7-8-9-15-13(4)12(3)10-11-14(15)6-2/h6,10-11H,2,5,7-9H2,1,3-4H3. The Labute approximate surface area is 94.0 Å². The largest absolute Gasteiger partial charge is 0.0985 e. The molecular formula is C15H22. The Morgan fingerprint density at radius 1 is 1.20 bits per heavy atom. The van der Waals surface area contributed by atoms with Gasteiger partial charge in [0.05, 0.1) is 0 Å². The summed E-state index contributed by atoms with van der Waals surface area (Å²) in [6.45, 7) is 10.5. The van der Waals surface area contributed by atoms with Gasteiger partial charge in [-0.15, -0.1) is 0 Å². The molecule has 1 rings (SSSR count). The molecule has 0 radical (unpaired) electrons. The van der Waals surface area contributed by atoms with Crippen LogP contribution in [0.2, 0.25) is 0 Å². The van der Waals surface area contributed by atoms with Crippen molar-refractivity contribution in [2.75, 3.05) is 0 Å². The molecule has 0 nitrogen and oxygen atoms in total. The molecule has 0 atom stereocenters. The minimum Gasteiger partial charge on any atom is -0.0985 e. The highest BCUT2D eigenvalue weighted by atomic mass is 14.1. The van der Waals surface area contributed by atoms with Crippen LogP contribution in [0.3, 0.4) is 0 Å². The third kappa shape index (κ3) is 2.95. The lowest BCUT2D eigenvalue weighted by molar-refractivity contribution is 0.714. The quantitative estimate of drug-likeness (QED) is 0.608. The lowest BCUT2D eigenvalue weighted by atomic mass is 9.93. The molecule has 0 heteroatoms. The van der Waals surface area contributed by atoms with Gasteiger partial charge in [-0.05, 0) is 48.9 Å². The Bertz CT molecular complexity index is 334. The first kappa shape index (κ1) is 12.0. The van der Waals surface area contributed by atoms with Crippen LogP contribution in [0.15, 0.2) is 18.7 Å². The molecule has 1 aromatic rings. The molecule has 0 N–H and O–H groups in total. The van der Waals surface area contributed by atoms with E-state index in [1.165, 1.54) is 47.9 Å². The molecule has 0 saturated heterocycles. The van der Waals surface area contributed by atoms with Gasteiger partial charge in [0, 0.05) is 0 Å². The zero-order chi connectivity index (χ0) is 11.3. The van der Waals surface area contributed by atoms with Gasteiger partial charge in [0.2, 0.25) is 0 Å². The molecule has 0 fully saturated rings. The second-order valence-corrected chi connectivity index (χ2v) is 4.24. The summed E-state index contributed by atoms with van der Waals surface area (Å²) >= 11 is 0. The van der Waals surface area contributed by atoms with Crippen LogP contribution in [0.1, 0.15) is 48.4 Å². The summed E-state index contributed by atoms with van der Waals surface area (Å²) in [6.07, 6.45) is 7.08. The summed E-state index contributed by atoms with van der Waals surface area (Å²) in [5, 5.41) is 0. The van der Waals surface area contributed by atoms with E-state index in [1.54, 1.807) is 0 Å². The molecule has 0 spiro atoms. The Morgan fingerprint density at radius 2 is 1.93 bits per heavy atom. The van der Waals surface area contributed by atoms with E-state index in [4.69, 9.17) is 0 Å². The van der Waals surface area contributed by atoms with Crippen LogP contribution in [0.25, 0.3) is 6.08 Å². The Kier molecular flexibility index (Phi) is 4.61. The van der Waals surface area contributed by atoms with Gasteiger partial charge in [-0.1, -0.05) is 44.6 Å². The van der Waals surface area contributed by atoms with Crippen LogP contribution in [0.4, 0.5) is 0 Å². The van der Waals surface area contributed by atoms with Crippen molar-refractivity contribution < 1.29 is 0 Å². The van der Waals surface area contributed by atoms with Crippen molar-refractivity contribution in [3.05, 3.63) is 41.0 Å². The molecule has 82 valence electrons. The van der Waals surface area contributed by atoms with Crippen LogP contribution >= 0.6 is 0 Å². The zero-order valence-corrected chi connectivity index (χ0v) is 10.3. The second-order valence-electron chi connectivity index (χ2n) is 4.24. The number of rotatable bonds is 5. The van der Waals surface area contributed by atoms with E-state index in [2.05, 4.69) is 39.5 Å². The van der Waals surface area contributed by atoms with Gasteiger partial charge in [0.25, 0.3) is 0 Å². The molecule has 0 aliphatic carbocycles. The van der Waals surface area contributed by atoms with E-state index in [-0.39, 0.29) is 0 Å². The fourth-order valence-electron chi connectivity index (χ4n) is 1.97. The second kappa shape index (κ2) is 5.75. The summed E-state index contributed by atoms with van der Waals surface area (Å²) in [5.74, 6) is 0. The lowest BCUT2D eigenvalue weighted by Gasteiger charge is -2.12. The number of unbranched alkanes of at least 4 members (excludes halogenated alkanes) is 2. The molecule has 1 aromatic carbocycles. The monoisotopic (exact) mass is 202 g/mol. The highest BCUT2D eigenvalue weighted by Gasteiger charge is 2.05. The van der Waals surface area contributed by atoms with Crippen LogP contribution in [-0.4, -0.2) is 0 Å². The molecule has 15 heavy (non-hydrogen) atoms. The zero-order valence-electron chi connectivity index (χ0n) is 10.3. The minimum absolute atomic E-state index is 1.20. The predicted molar refractivity (Wildman–Crippen MR) is 69.2 cm³/mol. The van der Waals surface area contributed by atoms with Gasteiger partial charge in [0.15, 0.2) is 0 Å². The molecule has 0 amide bonds. The fourth-order valence-corrected chi connectivity index (χ4v) is 1.97. The van der Waals surface area contributed by atoms with E-state index < -0.39 is 0 Å². The molecular weight excluding hydrogens is 180 g/mol. The first-order valence-corrected chi connectivity index (χ1v) is 5.92. The molecule has 0 unspecified atom stereocenters. The molecule has 0 saturated carbocycles. The van der Waals surface area contributed by atoms with Crippen molar-refractivity contribution in [1.29, 1.82) is 0 Å². The summed E-state index contributed by atoms with van der Waals surface area (Å²) in [7, 11) is 0. The van der Waals surface area contributed by atoms with Crippen molar-refractivity contribution in [2.24, 2.45) is 0 Å². The van der Waals surface area contributed by atoms with Crippen molar-refractivity contribution >= 4 is 6.08 Å². The Morgan fingerprint density at radius 3 is 2.53 bits per heavy atom. The van der Waals surface area contributed by atoms with E-state index in [0.717, 1.165) is 0 Å². The van der Waals surface area contributed by atoms with E-state index in [1.807, 2.05) is 6.08 Å². The Balaban J connectivity index is 2.91. The van der Waals surface area contributed by atoms with Crippen LogP contribution < -0.4 is 0 Å². The van der Waals surface area contributed by atoms with Crippen molar-refractivity contribution in [3.63, 3.8) is 0 Å². The van der Waals surface area contributed by atoms with Gasteiger partial charge < -0.3 is 0 Å². The predicted octanol–water partition coefficient (Wildman–Crippen LogP) is 4.68. The molecule has 0 aromatic heterocycles. The van der Waals surface area contributed by atoms with Crippen LogP contribution in [0, 0.1) is 13.8 Å². The number of benzene rings is 1. The first-order valence-electron chi connectivity index (χ1n) is 5.92. The number of aryl methyl sites for hydroxylation is 1. The van der Waals surface area contributed by atoms with Gasteiger partial charge in [-0.3, -0.25) is 0 Å². The van der Waals surface area contributed by atoms with Crippen LogP contribution in [0.5, 0.6) is 0 Å². The summed E-state index contributed by atoms with van der Waals surface area (Å²) in [4.78, 5) is 0.